The lowest BCUT2D eigenvalue weighted by Crippen LogP contribution is -2.35. The zero-order chi connectivity index (χ0) is 14.2. The molecule has 0 bridgehead atoms. The van der Waals surface area contributed by atoms with Gasteiger partial charge in [0.15, 0.2) is 0 Å². The first-order chi connectivity index (χ1) is 9.85. The van der Waals surface area contributed by atoms with Crippen molar-refractivity contribution in [1.82, 2.24) is 10.3 Å². The molecule has 0 aliphatic carbocycles. The van der Waals surface area contributed by atoms with Crippen LogP contribution in [0, 0.1) is 0 Å². The number of aromatic nitrogens is 1. The van der Waals surface area contributed by atoms with Crippen LogP contribution in [0.2, 0.25) is 0 Å². The van der Waals surface area contributed by atoms with Crippen molar-refractivity contribution >= 4 is 5.82 Å². The van der Waals surface area contributed by atoms with E-state index in [9.17, 15) is 0 Å². The lowest BCUT2D eigenvalue weighted by atomic mass is 10.1. The molecule has 0 aromatic carbocycles. The molecular formula is C17H29N3. The Morgan fingerprint density at radius 3 is 3.00 bits per heavy atom. The monoisotopic (exact) mass is 275 g/mol. The number of nitrogens with one attached hydrogen (secondary N) is 1. The molecule has 0 amide bonds. The minimum atomic E-state index is 0.670. The van der Waals surface area contributed by atoms with E-state index >= 15 is 0 Å². The lowest BCUT2D eigenvalue weighted by molar-refractivity contribution is 0.552. The Bertz CT molecular complexity index is 392. The quantitative estimate of drug-likeness (QED) is 0.802. The van der Waals surface area contributed by atoms with Crippen molar-refractivity contribution in [2.24, 2.45) is 0 Å². The van der Waals surface area contributed by atoms with Crippen LogP contribution in [0.3, 0.4) is 0 Å². The van der Waals surface area contributed by atoms with Gasteiger partial charge in [-0.3, -0.25) is 0 Å². The van der Waals surface area contributed by atoms with Crippen molar-refractivity contribution < 1.29 is 0 Å². The number of hydrogen-bond donors (Lipinski definition) is 1. The Kier molecular flexibility index (Phi) is 6.31. The van der Waals surface area contributed by atoms with E-state index in [4.69, 9.17) is 0 Å². The summed E-state index contributed by atoms with van der Waals surface area (Å²) >= 11 is 0. The standard InChI is InChI=1S/C17H29N3/c1-3-10-18-14-15-9-11-19-17(13-15)20-12-7-5-6-8-16(20)4-2/h9,11,13,16,18H,3-8,10,12,14H2,1-2H3. The molecule has 1 aromatic rings. The normalized spacial score (nSPS) is 19.9. The predicted octanol–water partition coefficient (Wildman–Crippen LogP) is 3.74. The Morgan fingerprint density at radius 1 is 1.30 bits per heavy atom. The summed E-state index contributed by atoms with van der Waals surface area (Å²) in [6.07, 6.45) is 9.72. The van der Waals surface area contributed by atoms with Crippen LogP contribution in [0.1, 0.15) is 57.9 Å². The van der Waals surface area contributed by atoms with E-state index in [1.54, 1.807) is 0 Å². The Morgan fingerprint density at radius 2 is 2.20 bits per heavy atom. The molecule has 1 N–H and O–H groups in total. The van der Waals surface area contributed by atoms with Crippen LogP contribution in [-0.2, 0) is 6.54 Å². The van der Waals surface area contributed by atoms with Gasteiger partial charge in [-0.2, -0.15) is 0 Å². The fourth-order valence-corrected chi connectivity index (χ4v) is 3.04. The summed E-state index contributed by atoms with van der Waals surface area (Å²) in [6, 6.07) is 5.07. The van der Waals surface area contributed by atoms with Crippen molar-refractivity contribution in [3.05, 3.63) is 23.9 Å². The molecule has 2 rings (SSSR count). The third-order valence-corrected chi connectivity index (χ3v) is 4.21. The molecule has 1 unspecified atom stereocenters. The zero-order valence-electron chi connectivity index (χ0n) is 13.1. The van der Waals surface area contributed by atoms with E-state index in [1.165, 1.54) is 49.9 Å². The maximum Gasteiger partial charge on any atom is 0.129 e. The van der Waals surface area contributed by atoms with E-state index in [2.05, 4.69) is 41.2 Å². The Balaban J connectivity index is 2.07. The maximum atomic E-state index is 4.63. The number of pyridine rings is 1. The highest BCUT2D eigenvalue weighted by molar-refractivity contribution is 5.42. The van der Waals surface area contributed by atoms with Gasteiger partial charge in [0.05, 0.1) is 0 Å². The average Bonchev–Trinajstić information content (AvgIpc) is 2.73. The SMILES string of the molecule is CCCNCc1ccnc(N2CCCCCC2CC)c1. The Hall–Kier alpha value is -1.09. The smallest absolute Gasteiger partial charge is 0.129 e. The summed E-state index contributed by atoms with van der Waals surface area (Å²) in [5.41, 5.74) is 1.35. The molecular weight excluding hydrogens is 246 g/mol. The predicted molar refractivity (Wildman–Crippen MR) is 86.1 cm³/mol. The second-order valence-corrected chi connectivity index (χ2v) is 5.80. The molecule has 0 spiro atoms. The highest BCUT2D eigenvalue weighted by atomic mass is 15.2. The van der Waals surface area contributed by atoms with Crippen molar-refractivity contribution in [3.63, 3.8) is 0 Å². The first-order valence-electron chi connectivity index (χ1n) is 8.27. The van der Waals surface area contributed by atoms with Gasteiger partial charge in [0.1, 0.15) is 5.82 Å². The number of anilines is 1. The van der Waals surface area contributed by atoms with E-state index in [0.29, 0.717) is 6.04 Å². The molecule has 1 saturated heterocycles. The van der Waals surface area contributed by atoms with Gasteiger partial charge >= 0.3 is 0 Å². The summed E-state index contributed by atoms with van der Waals surface area (Å²) in [4.78, 5) is 7.17. The molecule has 1 aromatic heterocycles. The fraction of sp³-hybridized carbons (Fsp3) is 0.706. The molecule has 1 fully saturated rings. The molecule has 112 valence electrons. The second kappa shape index (κ2) is 8.25. The minimum Gasteiger partial charge on any atom is -0.354 e. The molecule has 1 atom stereocenters. The second-order valence-electron chi connectivity index (χ2n) is 5.80. The van der Waals surface area contributed by atoms with E-state index in [1.807, 2.05) is 6.20 Å². The van der Waals surface area contributed by atoms with E-state index in [-0.39, 0.29) is 0 Å². The summed E-state index contributed by atoms with van der Waals surface area (Å²) in [5, 5.41) is 3.47. The van der Waals surface area contributed by atoms with Gasteiger partial charge in [0, 0.05) is 25.3 Å². The fourth-order valence-electron chi connectivity index (χ4n) is 3.04. The van der Waals surface area contributed by atoms with Crippen LogP contribution < -0.4 is 10.2 Å². The topological polar surface area (TPSA) is 28.2 Å². The van der Waals surface area contributed by atoms with Gasteiger partial charge < -0.3 is 10.2 Å². The highest BCUT2D eigenvalue weighted by Crippen LogP contribution is 2.24. The van der Waals surface area contributed by atoms with Crippen molar-refractivity contribution in [2.75, 3.05) is 18.0 Å². The summed E-state index contributed by atoms with van der Waals surface area (Å²) in [5.74, 6) is 1.18. The highest BCUT2D eigenvalue weighted by Gasteiger charge is 2.20. The van der Waals surface area contributed by atoms with Gasteiger partial charge in [-0.1, -0.05) is 26.7 Å². The zero-order valence-corrected chi connectivity index (χ0v) is 13.1. The van der Waals surface area contributed by atoms with E-state index < -0.39 is 0 Å². The molecule has 3 heteroatoms. The molecule has 1 aliphatic rings. The number of nitrogens with zero attached hydrogens (tertiary/aromatic N) is 2. The van der Waals surface area contributed by atoms with Crippen LogP contribution in [0.5, 0.6) is 0 Å². The van der Waals surface area contributed by atoms with Crippen LogP contribution in [0.25, 0.3) is 0 Å². The van der Waals surface area contributed by atoms with E-state index in [0.717, 1.165) is 19.6 Å². The van der Waals surface area contributed by atoms with Crippen LogP contribution >= 0.6 is 0 Å². The summed E-state index contributed by atoms with van der Waals surface area (Å²) in [7, 11) is 0. The average molecular weight is 275 g/mol. The minimum absolute atomic E-state index is 0.670. The summed E-state index contributed by atoms with van der Waals surface area (Å²) in [6.45, 7) is 7.70. The van der Waals surface area contributed by atoms with Gasteiger partial charge in [0.2, 0.25) is 0 Å². The third-order valence-electron chi connectivity index (χ3n) is 4.21. The van der Waals surface area contributed by atoms with Gasteiger partial charge in [0.25, 0.3) is 0 Å². The van der Waals surface area contributed by atoms with Crippen molar-refractivity contribution in [2.45, 2.75) is 65.0 Å². The van der Waals surface area contributed by atoms with Gasteiger partial charge in [-0.05, 0) is 49.9 Å². The van der Waals surface area contributed by atoms with Gasteiger partial charge in [-0.25, -0.2) is 4.98 Å². The largest absolute Gasteiger partial charge is 0.354 e. The number of rotatable bonds is 6. The molecule has 1 aliphatic heterocycles. The Labute approximate surface area is 123 Å². The van der Waals surface area contributed by atoms with Crippen molar-refractivity contribution in [3.8, 4) is 0 Å². The van der Waals surface area contributed by atoms with Crippen molar-refractivity contribution in [1.29, 1.82) is 0 Å². The van der Waals surface area contributed by atoms with Crippen LogP contribution in [0.4, 0.5) is 5.82 Å². The lowest BCUT2D eigenvalue weighted by Gasteiger charge is -2.30. The molecule has 0 radical (unpaired) electrons. The molecule has 2 heterocycles. The first-order valence-corrected chi connectivity index (χ1v) is 8.27. The number of hydrogen-bond acceptors (Lipinski definition) is 3. The molecule has 20 heavy (non-hydrogen) atoms. The van der Waals surface area contributed by atoms with Crippen LogP contribution in [-0.4, -0.2) is 24.1 Å². The molecule has 3 nitrogen and oxygen atoms in total. The van der Waals surface area contributed by atoms with Gasteiger partial charge in [-0.15, -0.1) is 0 Å². The third kappa shape index (κ3) is 4.20. The van der Waals surface area contributed by atoms with Crippen LogP contribution in [0.15, 0.2) is 18.3 Å². The molecule has 0 saturated carbocycles. The first kappa shape index (κ1) is 15.3. The maximum absolute atomic E-state index is 4.63. The summed E-state index contributed by atoms with van der Waals surface area (Å²) < 4.78 is 0.